The van der Waals surface area contributed by atoms with Crippen molar-refractivity contribution < 1.29 is 19.4 Å². The molecule has 1 aromatic carbocycles. The largest absolute Gasteiger partial charge is 0.454 e. The predicted molar refractivity (Wildman–Crippen MR) is 94.9 cm³/mol. The minimum absolute atomic E-state index is 0.0187. The van der Waals surface area contributed by atoms with Crippen molar-refractivity contribution in [1.29, 1.82) is 0 Å². The minimum atomic E-state index is -0.253. The number of nitrogens with zero attached hydrogens (tertiary/aromatic N) is 1. The van der Waals surface area contributed by atoms with Crippen LogP contribution in [0.25, 0.3) is 0 Å². The molecule has 2 heterocycles. The number of hydrogen-bond acceptors (Lipinski definition) is 5. The van der Waals surface area contributed by atoms with E-state index in [-0.39, 0.29) is 37.2 Å². The van der Waals surface area contributed by atoms with Crippen molar-refractivity contribution in [2.45, 2.75) is 37.8 Å². The fourth-order valence-corrected chi connectivity index (χ4v) is 3.53. The molecule has 1 aliphatic heterocycles. The van der Waals surface area contributed by atoms with Gasteiger partial charge in [0.05, 0.1) is 12.5 Å². The summed E-state index contributed by atoms with van der Waals surface area (Å²) in [5, 5.41) is 12.8. The summed E-state index contributed by atoms with van der Waals surface area (Å²) in [5.74, 6) is 1.65. The highest BCUT2D eigenvalue weighted by Crippen LogP contribution is 2.33. The number of rotatable bonds is 6. The van der Waals surface area contributed by atoms with Crippen LogP contribution >= 0.6 is 0 Å². The lowest BCUT2D eigenvalue weighted by Gasteiger charge is -2.38. The molecule has 2 aromatic rings. The van der Waals surface area contributed by atoms with E-state index in [1.54, 1.807) is 6.20 Å². The number of ether oxygens (including phenoxy) is 2. The molecule has 0 unspecified atom stereocenters. The lowest BCUT2D eigenvalue weighted by Crippen LogP contribution is -2.48. The Morgan fingerprint density at radius 2 is 2.08 bits per heavy atom. The third-order valence-electron chi connectivity index (χ3n) is 5.02. The number of fused-ring (bicyclic) bond motifs is 1. The van der Waals surface area contributed by atoms with Gasteiger partial charge in [0.2, 0.25) is 12.7 Å². The number of nitrogens with one attached hydrogen (secondary N) is 1. The van der Waals surface area contributed by atoms with Crippen LogP contribution in [0.4, 0.5) is 0 Å². The fourth-order valence-electron chi connectivity index (χ4n) is 3.53. The van der Waals surface area contributed by atoms with Crippen LogP contribution in [0.2, 0.25) is 0 Å². The first kappa shape index (κ1) is 16.8. The number of pyridine rings is 1. The Kier molecular flexibility index (Phi) is 4.75. The van der Waals surface area contributed by atoms with Crippen LogP contribution in [0.15, 0.2) is 42.6 Å². The summed E-state index contributed by atoms with van der Waals surface area (Å²) in [6, 6.07) is 11.3. The molecule has 1 aromatic heterocycles. The third kappa shape index (κ3) is 3.80. The number of benzene rings is 1. The molecule has 1 aliphatic carbocycles. The van der Waals surface area contributed by atoms with E-state index in [4.69, 9.17) is 9.47 Å². The number of aliphatic hydroxyl groups is 1. The molecule has 1 fully saturated rings. The number of aliphatic hydroxyl groups excluding tert-OH is 1. The predicted octanol–water partition coefficient (Wildman–Crippen LogP) is 1.85. The summed E-state index contributed by atoms with van der Waals surface area (Å²) >= 11 is 0. The fraction of sp³-hybridized carbons (Fsp3) is 0.400. The summed E-state index contributed by atoms with van der Waals surface area (Å²) in [6.07, 6.45) is 3.91. The van der Waals surface area contributed by atoms with Crippen molar-refractivity contribution in [1.82, 2.24) is 10.3 Å². The van der Waals surface area contributed by atoms with Crippen molar-refractivity contribution in [3.05, 3.63) is 53.9 Å². The van der Waals surface area contributed by atoms with E-state index in [9.17, 15) is 9.90 Å². The molecule has 4 rings (SSSR count). The van der Waals surface area contributed by atoms with Crippen LogP contribution in [0.5, 0.6) is 11.5 Å². The van der Waals surface area contributed by atoms with Crippen molar-refractivity contribution in [3.8, 4) is 11.5 Å². The van der Waals surface area contributed by atoms with Gasteiger partial charge in [0.1, 0.15) is 0 Å². The van der Waals surface area contributed by atoms with Gasteiger partial charge in [-0.15, -0.1) is 0 Å². The Morgan fingerprint density at radius 3 is 2.85 bits per heavy atom. The molecule has 136 valence electrons. The van der Waals surface area contributed by atoms with Crippen LogP contribution in [-0.4, -0.2) is 34.9 Å². The van der Waals surface area contributed by atoms with Crippen molar-refractivity contribution in [3.63, 3.8) is 0 Å². The van der Waals surface area contributed by atoms with Gasteiger partial charge in [0, 0.05) is 24.4 Å². The number of carbonyl (C=O) groups is 1. The molecule has 2 N–H and O–H groups in total. The molecular formula is C20H22N2O4. The summed E-state index contributed by atoms with van der Waals surface area (Å²) in [5.41, 5.74) is 1.83. The standard InChI is InChI=1S/C20H22N2O4/c23-16-9-14(10-16)17(11-15-3-1-2-6-21-15)22-20(24)8-13-4-5-18-19(7-13)26-12-25-18/h1-7,14,16-17,23H,8-12H2,(H,22,24)/t14?,16?,17-/m1/s1. The topological polar surface area (TPSA) is 80.7 Å². The van der Waals surface area contributed by atoms with E-state index < -0.39 is 0 Å². The smallest absolute Gasteiger partial charge is 0.231 e. The van der Waals surface area contributed by atoms with Crippen LogP contribution in [0.1, 0.15) is 24.1 Å². The molecule has 2 aliphatic rings. The first-order valence-corrected chi connectivity index (χ1v) is 8.93. The molecule has 6 heteroatoms. The Balaban J connectivity index is 1.40. The second-order valence-corrected chi connectivity index (χ2v) is 6.95. The maximum absolute atomic E-state index is 12.6. The van der Waals surface area contributed by atoms with Gasteiger partial charge in [-0.05, 0) is 48.6 Å². The number of carbonyl (C=O) groups excluding carboxylic acids is 1. The lowest BCUT2D eigenvalue weighted by molar-refractivity contribution is -0.122. The first-order valence-electron chi connectivity index (χ1n) is 8.93. The van der Waals surface area contributed by atoms with Crippen LogP contribution in [0.3, 0.4) is 0 Å². The molecule has 0 radical (unpaired) electrons. The molecule has 1 amide bonds. The van der Waals surface area contributed by atoms with Gasteiger partial charge in [-0.25, -0.2) is 0 Å². The third-order valence-corrected chi connectivity index (χ3v) is 5.02. The summed E-state index contributed by atoms with van der Waals surface area (Å²) in [6.45, 7) is 0.223. The first-order chi connectivity index (χ1) is 12.7. The van der Waals surface area contributed by atoms with Crippen LogP contribution in [0, 0.1) is 5.92 Å². The number of hydrogen-bond donors (Lipinski definition) is 2. The maximum Gasteiger partial charge on any atom is 0.231 e. The summed E-state index contributed by atoms with van der Waals surface area (Å²) < 4.78 is 10.7. The highest BCUT2D eigenvalue weighted by atomic mass is 16.7. The Bertz CT molecular complexity index is 775. The molecule has 0 spiro atoms. The second kappa shape index (κ2) is 7.33. The van der Waals surface area contributed by atoms with E-state index in [0.29, 0.717) is 17.9 Å². The lowest BCUT2D eigenvalue weighted by atomic mass is 9.76. The van der Waals surface area contributed by atoms with E-state index in [2.05, 4.69) is 10.3 Å². The van der Waals surface area contributed by atoms with Crippen LogP contribution < -0.4 is 14.8 Å². The highest BCUT2D eigenvalue weighted by Gasteiger charge is 2.35. The molecular weight excluding hydrogens is 332 g/mol. The normalized spacial score (nSPS) is 21.7. The van der Waals surface area contributed by atoms with Crippen molar-refractivity contribution >= 4 is 5.91 Å². The van der Waals surface area contributed by atoms with Gasteiger partial charge in [-0.2, -0.15) is 0 Å². The molecule has 0 saturated heterocycles. The van der Waals surface area contributed by atoms with Gasteiger partial charge in [0.25, 0.3) is 0 Å². The Labute approximate surface area is 152 Å². The van der Waals surface area contributed by atoms with Crippen LogP contribution in [-0.2, 0) is 17.6 Å². The van der Waals surface area contributed by atoms with E-state index in [0.717, 1.165) is 24.1 Å². The Morgan fingerprint density at radius 1 is 1.23 bits per heavy atom. The molecule has 0 bridgehead atoms. The number of aromatic nitrogens is 1. The van der Waals surface area contributed by atoms with Crippen molar-refractivity contribution in [2.24, 2.45) is 5.92 Å². The van der Waals surface area contributed by atoms with E-state index in [1.165, 1.54) is 0 Å². The average molecular weight is 354 g/mol. The second-order valence-electron chi connectivity index (χ2n) is 6.95. The molecule has 26 heavy (non-hydrogen) atoms. The molecule has 1 atom stereocenters. The van der Waals surface area contributed by atoms with Crippen molar-refractivity contribution in [2.75, 3.05) is 6.79 Å². The van der Waals surface area contributed by atoms with Gasteiger partial charge >= 0.3 is 0 Å². The quantitative estimate of drug-likeness (QED) is 0.828. The number of amides is 1. The average Bonchev–Trinajstić information content (AvgIpc) is 3.07. The van der Waals surface area contributed by atoms with Gasteiger partial charge in [-0.3, -0.25) is 9.78 Å². The highest BCUT2D eigenvalue weighted by molar-refractivity contribution is 5.79. The van der Waals surface area contributed by atoms with E-state index in [1.807, 2.05) is 36.4 Å². The zero-order chi connectivity index (χ0) is 17.9. The zero-order valence-corrected chi connectivity index (χ0v) is 14.4. The SMILES string of the molecule is O=C(Cc1ccc2c(c1)OCO2)N[C@H](Cc1ccccn1)C1CC(O)C1. The monoisotopic (exact) mass is 354 g/mol. The molecule has 1 saturated carbocycles. The minimum Gasteiger partial charge on any atom is -0.454 e. The van der Waals surface area contributed by atoms with Gasteiger partial charge in [-0.1, -0.05) is 12.1 Å². The Hall–Kier alpha value is -2.60. The van der Waals surface area contributed by atoms with Gasteiger partial charge < -0.3 is 19.9 Å². The molecule has 6 nitrogen and oxygen atoms in total. The van der Waals surface area contributed by atoms with Gasteiger partial charge in [0.15, 0.2) is 11.5 Å². The van der Waals surface area contributed by atoms with E-state index >= 15 is 0 Å². The maximum atomic E-state index is 12.6. The summed E-state index contributed by atoms with van der Waals surface area (Å²) in [4.78, 5) is 16.9. The summed E-state index contributed by atoms with van der Waals surface area (Å²) in [7, 11) is 0. The zero-order valence-electron chi connectivity index (χ0n) is 14.4.